The van der Waals surface area contributed by atoms with Gasteiger partial charge < -0.3 is 19.7 Å². The zero-order chi connectivity index (χ0) is 11.4. The van der Waals surface area contributed by atoms with Gasteiger partial charge >= 0.3 is 0 Å². The van der Waals surface area contributed by atoms with Crippen LogP contribution in [0.2, 0.25) is 0 Å². The van der Waals surface area contributed by atoms with Gasteiger partial charge in [-0.05, 0) is 17.3 Å². The molecule has 2 N–H and O–H groups in total. The molecule has 1 heterocycles. The SMILES string of the molecule is COCC(N)COc1noc2ccccc12. The minimum Gasteiger partial charge on any atom is -0.473 e. The predicted octanol–water partition coefficient (Wildman–Crippen LogP) is 1.18. The second-order valence-electron chi connectivity index (χ2n) is 3.51. The van der Waals surface area contributed by atoms with Crippen LogP contribution in [0.4, 0.5) is 0 Å². The maximum atomic E-state index is 5.74. The Morgan fingerprint density at radius 2 is 2.19 bits per heavy atom. The number of hydrogen-bond donors (Lipinski definition) is 1. The molecular formula is C11H14N2O3. The second kappa shape index (κ2) is 4.96. The van der Waals surface area contributed by atoms with Crippen molar-refractivity contribution in [2.24, 2.45) is 5.73 Å². The molecule has 0 saturated carbocycles. The van der Waals surface area contributed by atoms with Gasteiger partial charge in [0, 0.05) is 7.11 Å². The predicted molar refractivity (Wildman–Crippen MR) is 59.4 cm³/mol. The van der Waals surface area contributed by atoms with Crippen LogP contribution in [0.3, 0.4) is 0 Å². The van der Waals surface area contributed by atoms with Crippen molar-refractivity contribution in [3.63, 3.8) is 0 Å². The van der Waals surface area contributed by atoms with Crippen molar-refractivity contribution >= 4 is 11.0 Å². The summed E-state index contributed by atoms with van der Waals surface area (Å²) in [5, 5.41) is 4.69. The van der Waals surface area contributed by atoms with Gasteiger partial charge in [0.1, 0.15) is 6.61 Å². The van der Waals surface area contributed by atoms with Crippen LogP contribution in [-0.4, -0.2) is 31.5 Å². The molecule has 1 aromatic carbocycles. The molecule has 0 saturated heterocycles. The van der Waals surface area contributed by atoms with Crippen molar-refractivity contribution in [1.29, 1.82) is 0 Å². The fourth-order valence-corrected chi connectivity index (χ4v) is 1.41. The van der Waals surface area contributed by atoms with Crippen LogP contribution in [0.5, 0.6) is 5.88 Å². The summed E-state index contributed by atoms with van der Waals surface area (Å²) in [6.45, 7) is 0.806. The molecule has 0 spiro atoms. The van der Waals surface area contributed by atoms with Crippen LogP contribution < -0.4 is 10.5 Å². The highest BCUT2D eigenvalue weighted by Crippen LogP contribution is 2.23. The molecule has 0 amide bonds. The second-order valence-corrected chi connectivity index (χ2v) is 3.51. The van der Waals surface area contributed by atoms with Crippen molar-refractivity contribution in [3.8, 4) is 5.88 Å². The number of fused-ring (bicyclic) bond motifs is 1. The first-order valence-electron chi connectivity index (χ1n) is 5.03. The van der Waals surface area contributed by atoms with Crippen LogP contribution in [0.15, 0.2) is 28.8 Å². The highest BCUT2D eigenvalue weighted by Gasteiger charge is 2.10. The zero-order valence-electron chi connectivity index (χ0n) is 9.05. The number of benzene rings is 1. The van der Waals surface area contributed by atoms with E-state index in [0.717, 1.165) is 5.39 Å². The Morgan fingerprint density at radius 1 is 1.38 bits per heavy atom. The Bertz CT molecular complexity index is 455. The maximum absolute atomic E-state index is 5.74. The molecule has 16 heavy (non-hydrogen) atoms. The van der Waals surface area contributed by atoms with Gasteiger partial charge in [0.05, 0.1) is 18.0 Å². The van der Waals surface area contributed by atoms with E-state index in [4.69, 9.17) is 19.7 Å². The third-order valence-corrected chi connectivity index (χ3v) is 2.16. The molecule has 0 aliphatic carbocycles. The van der Waals surface area contributed by atoms with Crippen molar-refractivity contribution in [2.45, 2.75) is 6.04 Å². The number of hydrogen-bond acceptors (Lipinski definition) is 5. The lowest BCUT2D eigenvalue weighted by atomic mass is 10.3. The molecule has 0 bridgehead atoms. The van der Waals surface area contributed by atoms with Gasteiger partial charge in [-0.1, -0.05) is 12.1 Å². The van der Waals surface area contributed by atoms with E-state index in [9.17, 15) is 0 Å². The summed E-state index contributed by atoms with van der Waals surface area (Å²) in [4.78, 5) is 0. The monoisotopic (exact) mass is 222 g/mol. The molecular weight excluding hydrogens is 208 g/mol. The van der Waals surface area contributed by atoms with Crippen LogP contribution in [0.1, 0.15) is 0 Å². The van der Waals surface area contributed by atoms with Crippen LogP contribution in [0, 0.1) is 0 Å². The van der Waals surface area contributed by atoms with E-state index in [2.05, 4.69) is 5.16 Å². The fourth-order valence-electron chi connectivity index (χ4n) is 1.41. The molecule has 0 aliphatic rings. The first-order valence-corrected chi connectivity index (χ1v) is 5.03. The van der Waals surface area contributed by atoms with Gasteiger partial charge in [0.25, 0.3) is 5.88 Å². The van der Waals surface area contributed by atoms with Crippen LogP contribution >= 0.6 is 0 Å². The van der Waals surface area contributed by atoms with E-state index in [0.29, 0.717) is 24.7 Å². The molecule has 0 radical (unpaired) electrons. The van der Waals surface area contributed by atoms with Gasteiger partial charge in [-0.15, -0.1) is 0 Å². The van der Waals surface area contributed by atoms with E-state index in [1.807, 2.05) is 24.3 Å². The summed E-state index contributed by atoms with van der Waals surface area (Å²) >= 11 is 0. The molecule has 0 aliphatic heterocycles. The fraction of sp³-hybridized carbons (Fsp3) is 0.364. The summed E-state index contributed by atoms with van der Waals surface area (Å²) in [5.41, 5.74) is 6.44. The smallest absolute Gasteiger partial charge is 0.262 e. The zero-order valence-corrected chi connectivity index (χ0v) is 9.05. The highest BCUT2D eigenvalue weighted by atomic mass is 16.5. The number of nitrogens with zero attached hydrogens (tertiary/aromatic N) is 1. The summed E-state index contributed by atoms with van der Waals surface area (Å²) in [6, 6.07) is 7.35. The molecule has 0 fully saturated rings. The molecule has 1 atom stereocenters. The molecule has 1 aromatic heterocycles. The number of nitrogens with two attached hydrogens (primary N) is 1. The molecule has 5 nitrogen and oxygen atoms in total. The van der Waals surface area contributed by atoms with Gasteiger partial charge in [-0.3, -0.25) is 0 Å². The first-order chi connectivity index (χ1) is 7.81. The third kappa shape index (κ3) is 2.32. The van der Waals surface area contributed by atoms with E-state index < -0.39 is 0 Å². The standard InChI is InChI=1S/C11H14N2O3/c1-14-6-8(12)7-15-11-9-4-2-3-5-10(9)16-13-11/h2-5,8H,6-7,12H2,1H3. The summed E-state index contributed by atoms with van der Waals surface area (Å²) in [6.07, 6.45) is 0. The van der Waals surface area contributed by atoms with Crippen LogP contribution in [-0.2, 0) is 4.74 Å². The van der Waals surface area contributed by atoms with Crippen LogP contribution in [0.25, 0.3) is 11.0 Å². The summed E-state index contributed by atoms with van der Waals surface area (Å²) in [7, 11) is 1.60. The van der Waals surface area contributed by atoms with E-state index in [-0.39, 0.29) is 6.04 Å². The summed E-state index contributed by atoms with van der Waals surface area (Å²) < 4.78 is 15.5. The number of rotatable bonds is 5. The van der Waals surface area contributed by atoms with Gasteiger partial charge in [0.15, 0.2) is 5.58 Å². The lowest BCUT2D eigenvalue weighted by molar-refractivity contribution is 0.149. The lowest BCUT2D eigenvalue weighted by Gasteiger charge is -2.09. The van der Waals surface area contributed by atoms with Gasteiger partial charge in [-0.25, -0.2) is 0 Å². The molecule has 5 heteroatoms. The Balaban J connectivity index is 2.04. The van der Waals surface area contributed by atoms with E-state index in [1.165, 1.54) is 0 Å². The maximum Gasteiger partial charge on any atom is 0.262 e. The molecule has 1 unspecified atom stereocenters. The minimum absolute atomic E-state index is 0.166. The Labute approximate surface area is 93.1 Å². The number of ether oxygens (including phenoxy) is 2. The lowest BCUT2D eigenvalue weighted by Crippen LogP contribution is -2.32. The first kappa shape index (κ1) is 10.9. The molecule has 2 rings (SSSR count). The van der Waals surface area contributed by atoms with Crippen molar-refractivity contribution in [3.05, 3.63) is 24.3 Å². The minimum atomic E-state index is -0.166. The normalized spacial score (nSPS) is 12.9. The van der Waals surface area contributed by atoms with Crippen molar-refractivity contribution in [1.82, 2.24) is 5.16 Å². The van der Waals surface area contributed by atoms with E-state index >= 15 is 0 Å². The quantitative estimate of drug-likeness (QED) is 0.822. The average Bonchev–Trinajstić information content (AvgIpc) is 2.70. The Kier molecular flexibility index (Phi) is 3.38. The molecule has 2 aromatic rings. The molecule has 86 valence electrons. The largest absolute Gasteiger partial charge is 0.473 e. The van der Waals surface area contributed by atoms with Gasteiger partial charge in [-0.2, -0.15) is 0 Å². The van der Waals surface area contributed by atoms with E-state index in [1.54, 1.807) is 7.11 Å². The highest BCUT2D eigenvalue weighted by molar-refractivity contribution is 5.81. The third-order valence-electron chi connectivity index (χ3n) is 2.16. The Hall–Kier alpha value is -1.59. The summed E-state index contributed by atoms with van der Waals surface area (Å²) in [5.74, 6) is 0.474. The van der Waals surface area contributed by atoms with Crippen molar-refractivity contribution < 1.29 is 14.0 Å². The topological polar surface area (TPSA) is 70.5 Å². The average molecular weight is 222 g/mol. The van der Waals surface area contributed by atoms with Gasteiger partial charge in [0.2, 0.25) is 0 Å². The van der Waals surface area contributed by atoms with Crippen molar-refractivity contribution in [2.75, 3.05) is 20.3 Å². The number of aromatic nitrogens is 1. The number of methoxy groups -OCH3 is 1. The Morgan fingerprint density at radius 3 is 3.00 bits per heavy atom. The number of para-hydroxylation sites is 1.